The number of carbonyl (C=O) groups is 2. The number of piperidine rings is 1. The summed E-state index contributed by atoms with van der Waals surface area (Å²) in [5, 5.41) is 6.40. The maximum atomic E-state index is 13.5. The molecule has 0 unspecified atom stereocenters. The van der Waals surface area contributed by atoms with E-state index in [1.165, 1.54) is 5.56 Å². The molecule has 2 aliphatic rings. The van der Waals surface area contributed by atoms with E-state index in [9.17, 15) is 9.59 Å². The van der Waals surface area contributed by atoms with Gasteiger partial charge in [-0.25, -0.2) is 5.01 Å². The van der Waals surface area contributed by atoms with E-state index in [-0.39, 0.29) is 30.5 Å². The Morgan fingerprint density at radius 3 is 2.53 bits per heavy atom. The standard InChI is InChI=1S/C26H31N3O3/c1-3-32-26(31)23-11-7-8-16-28(23)18-25(30)29-24(21-14-12-19(2)13-15-21)17-22(27-29)20-9-5-4-6-10-20/h4-6,9-10,12-15,23-24H,3,7-8,11,16-18H2,1-2H3/t23-,24-/m1/s1. The second-order valence-electron chi connectivity index (χ2n) is 8.52. The molecular weight excluding hydrogens is 402 g/mol. The van der Waals surface area contributed by atoms with Gasteiger partial charge in [-0.1, -0.05) is 66.6 Å². The summed E-state index contributed by atoms with van der Waals surface area (Å²) in [6.45, 7) is 5.10. The van der Waals surface area contributed by atoms with Gasteiger partial charge < -0.3 is 4.74 Å². The lowest BCUT2D eigenvalue weighted by molar-refractivity contribution is -0.152. The molecular formula is C26H31N3O3. The molecule has 2 aromatic rings. The molecule has 0 bridgehead atoms. The summed E-state index contributed by atoms with van der Waals surface area (Å²) in [6.07, 6.45) is 3.34. The SMILES string of the molecule is CCOC(=O)[C@H]1CCCCN1CC(=O)N1N=C(c2ccccc2)C[C@@H]1c1ccc(C)cc1. The third-order valence-corrected chi connectivity index (χ3v) is 6.25. The van der Waals surface area contributed by atoms with Gasteiger partial charge in [0.05, 0.1) is 24.9 Å². The second-order valence-corrected chi connectivity index (χ2v) is 8.52. The smallest absolute Gasteiger partial charge is 0.323 e. The van der Waals surface area contributed by atoms with Crippen LogP contribution in [0.1, 0.15) is 55.3 Å². The zero-order chi connectivity index (χ0) is 22.5. The topological polar surface area (TPSA) is 62.2 Å². The Hall–Kier alpha value is -2.99. The van der Waals surface area contributed by atoms with Gasteiger partial charge in [0, 0.05) is 6.42 Å². The molecule has 6 nitrogen and oxygen atoms in total. The quantitative estimate of drug-likeness (QED) is 0.644. The Kier molecular flexibility index (Phi) is 7.00. The molecule has 0 spiro atoms. The highest BCUT2D eigenvalue weighted by Crippen LogP contribution is 2.33. The van der Waals surface area contributed by atoms with Crippen molar-refractivity contribution < 1.29 is 14.3 Å². The summed E-state index contributed by atoms with van der Waals surface area (Å²) < 4.78 is 5.26. The highest BCUT2D eigenvalue weighted by molar-refractivity contribution is 6.03. The summed E-state index contributed by atoms with van der Waals surface area (Å²) in [7, 11) is 0. The van der Waals surface area contributed by atoms with Crippen LogP contribution in [0.4, 0.5) is 0 Å². The van der Waals surface area contributed by atoms with E-state index in [0.717, 1.165) is 36.1 Å². The zero-order valence-corrected chi connectivity index (χ0v) is 18.9. The molecule has 2 atom stereocenters. The first kappa shape index (κ1) is 22.2. The average Bonchev–Trinajstić information content (AvgIpc) is 3.26. The van der Waals surface area contributed by atoms with Crippen LogP contribution in [0.25, 0.3) is 0 Å². The molecule has 1 fully saturated rings. The summed E-state index contributed by atoms with van der Waals surface area (Å²) in [5.41, 5.74) is 4.19. The van der Waals surface area contributed by atoms with Crippen molar-refractivity contribution in [2.24, 2.45) is 5.10 Å². The van der Waals surface area contributed by atoms with Gasteiger partial charge in [0.1, 0.15) is 6.04 Å². The van der Waals surface area contributed by atoms with E-state index in [4.69, 9.17) is 9.84 Å². The van der Waals surface area contributed by atoms with Crippen LogP contribution in [0, 0.1) is 6.92 Å². The van der Waals surface area contributed by atoms with Crippen molar-refractivity contribution in [3.05, 3.63) is 71.3 Å². The fourth-order valence-electron chi connectivity index (χ4n) is 4.53. The Labute approximate surface area is 189 Å². The number of ether oxygens (including phenoxy) is 1. The molecule has 0 aliphatic carbocycles. The summed E-state index contributed by atoms with van der Waals surface area (Å²) in [4.78, 5) is 27.9. The van der Waals surface area contributed by atoms with Crippen molar-refractivity contribution in [1.29, 1.82) is 0 Å². The van der Waals surface area contributed by atoms with Crippen molar-refractivity contribution in [3.63, 3.8) is 0 Å². The lowest BCUT2D eigenvalue weighted by Gasteiger charge is -2.34. The Morgan fingerprint density at radius 2 is 1.81 bits per heavy atom. The third-order valence-electron chi connectivity index (χ3n) is 6.25. The Bertz CT molecular complexity index is 972. The zero-order valence-electron chi connectivity index (χ0n) is 18.9. The first-order valence-electron chi connectivity index (χ1n) is 11.5. The second kappa shape index (κ2) is 10.1. The number of benzene rings is 2. The number of hydrazone groups is 1. The number of amides is 1. The summed E-state index contributed by atoms with van der Waals surface area (Å²) in [5.74, 6) is -0.317. The molecule has 168 valence electrons. The summed E-state index contributed by atoms with van der Waals surface area (Å²) >= 11 is 0. The molecule has 1 saturated heterocycles. The molecule has 0 saturated carbocycles. The molecule has 6 heteroatoms. The van der Waals surface area contributed by atoms with Crippen LogP contribution in [-0.4, -0.2) is 53.2 Å². The number of nitrogens with zero attached hydrogens (tertiary/aromatic N) is 3. The van der Waals surface area contributed by atoms with E-state index >= 15 is 0 Å². The fraction of sp³-hybridized carbons (Fsp3) is 0.423. The van der Waals surface area contributed by atoms with E-state index in [1.54, 1.807) is 5.01 Å². The van der Waals surface area contributed by atoms with Gasteiger partial charge in [0.15, 0.2) is 0 Å². The number of esters is 1. The van der Waals surface area contributed by atoms with Crippen LogP contribution < -0.4 is 0 Å². The van der Waals surface area contributed by atoms with Crippen molar-refractivity contribution in [1.82, 2.24) is 9.91 Å². The minimum absolute atomic E-state index is 0.0855. The number of hydrogen-bond donors (Lipinski definition) is 0. The third kappa shape index (κ3) is 4.91. The molecule has 32 heavy (non-hydrogen) atoms. The van der Waals surface area contributed by atoms with Gasteiger partial charge in [0.25, 0.3) is 5.91 Å². The van der Waals surface area contributed by atoms with Crippen LogP contribution in [-0.2, 0) is 14.3 Å². The van der Waals surface area contributed by atoms with Crippen LogP contribution in [0.3, 0.4) is 0 Å². The number of carbonyl (C=O) groups excluding carboxylic acids is 2. The molecule has 2 aliphatic heterocycles. The van der Waals surface area contributed by atoms with E-state index in [0.29, 0.717) is 19.6 Å². The lowest BCUT2D eigenvalue weighted by atomic mass is 9.97. The van der Waals surface area contributed by atoms with Crippen LogP contribution >= 0.6 is 0 Å². The molecule has 2 heterocycles. The summed E-state index contributed by atoms with van der Waals surface area (Å²) in [6, 6.07) is 17.8. The van der Waals surface area contributed by atoms with Crippen molar-refractivity contribution in [3.8, 4) is 0 Å². The van der Waals surface area contributed by atoms with Gasteiger partial charge in [-0.05, 0) is 44.4 Å². The van der Waals surface area contributed by atoms with Crippen LogP contribution in [0.15, 0.2) is 59.7 Å². The predicted octanol–water partition coefficient (Wildman–Crippen LogP) is 4.09. The minimum atomic E-state index is -0.356. The molecule has 2 aromatic carbocycles. The average molecular weight is 434 g/mol. The maximum absolute atomic E-state index is 13.5. The molecule has 0 aromatic heterocycles. The van der Waals surface area contributed by atoms with Crippen LogP contribution in [0.2, 0.25) is 0 Å². The predicted molar refractivity (Wildman–Crippen MR) is 124 cm³/mol. The van der Waals surface area contributed by atoms with Crippen molar-refractivity contribution in [2.45, 2.75) is 51.6 Å². The van der Waals surface area contributed by atoms with E-state index in [2.05, 4.69) is 31.2 Å². The van der Waals surface area contributed by atoms with Crippen molar-refractivity contribution in [2.75, 3.05) is 19.7 Å². The fourth-order valence-corrected chi connectivity index (χ4v) is 4.53. The van der Waals surface area contributed by atoms with E-state index in [1.807, 2.05) is 42.2 Å². The maximum Gasteiger partial charge on any atom is 0.323 e. The monoisotopic (exact) mass is 433 g/mol. The first-order valence-corrected chi connectivity index (χ1v) is 11.5. The van der Waals surface area contributed by atoms with Crippen molar-refractivity contribution >= 4 is 17.6 Å². The Morgan fingerprint density at radius 1 is 1.06 bits per heavy atom. The number of aryl methyl sites for hydroxylation is 1. The Balaban J connectivity index is 1.58. The number of rotatable bonds is 6. The van der Waals surface area contributed by atoms with E-state index < -0.39 is 0 Å². The van der Waals surface area contributed by atoms with Crippen LogP contribution in [0.5, 0.6) is 0 Å². The molecule has 4 rings (SSSR count). The molecule has 1 amide bonds. The lowest BCUT2D eigenvalue weighted by Crippen LogP contribution is -2.49. The number of likely N-dealkylation sites (tertiary alicyclic amines) is 1. The normalized spacial score (nSPS) is 21.3. The van der Waals surface area contributed by atoms with Gasteiger partial charge in [0.2, 0.25) is 0 Å². The highest BCUT2D eigenvalue weighted by Gasteiger charge is 2.36. The van der Waals surface area contributed by atoms with Gasteiger partial charge >= 0.3 is 5.97 Å². The molecule has 0 radical (unpaired) electrons. The van der Waals surface area contributed by atoms with Gasteiger partial charge in [-0.2, -0.15) is 5.10 Å². The highest BCUT2D eigenvalue weighted by atomic mass is 16.5. The largest absolute Gasteiger partial charge is 0.465 e. The molecule has 0 N–H and O–H groups in total. The van der Waals surface area contributed by atoms with Gasteiger partial charge in [-0.3, -0.25) is 14.5 Å². The van der Waals surface area contributed by atoms with Gasteiger partial charge in [-0.15, -0.1) is 0 Å². The minimum Gasteiger partial charge on any atom is -0.465 e. The first-order chi connectivity index (χ1) is 15.6. The number of hydrogen-bond acceptors (Lipinski definition) is 5.